The number of ether oxygens (including phenoxy) is 1. The topological polar surface area (TPSA) is 79.4 Å². The minimum atomic E-state index is -1.16. The van der Waals surface area contributed by atoms with Crippen molar-refractivity contribution in [2.45, 2.75) is 12.3 Å². The number of nitrogens with zero attached hydrogens (tertiary/aromatic N) is 2. The molecule has 0 fully saturated rings. The summed E-state index contributed by atoms with van der Waals surface area (Å²) in [5.74, 6) is 0.312. The van der Waals surface area contributed by atoms with Crippen LogP contribution >= 0.6 is 0 Å². The highest BCUT2D eigenvalue weighted by Crippen LogP contribution is 2.49. The minimum absolute atomic E-state index is 0.00838. The Hall–Kier alpha value is -2.74. The number of hydrogen-bond acceptors (Lipinski definition) is 4. The molecule has 2 aliphatic rings. The van der Waals surface area contributed by atoms with Gasteiger partial charge >= 0.3 is 0 Å². The summed E-state index contributed by atoms with van der Waals surface area (Å²) in [6.45, 7) is 1.72. The second-order valence-corrected chi connectivity index (χ2v) is 4.90. The van der Waals surface area contributed by atoms with Gasteiger partial charge in [0, 0.05) is 18.3 Å². The van der Waals surface area contributed by atoms with Gasteiger partial charge in [0.1, 0.15) is 22.8 Å². The van der Waals surface area contributed by atoms with E-state index in [1.165, 1.54) is 0 Å². The number of carbonyl (C=O) groups excluding carboxylic acids is 1. The number of likely N-dealkylation sites (N-methyl/N-ethyl adjacent to an activating group) is 1. The molecule has 3 rings (SSSR count). The number of fused-ring (bicyclic) bond motifs is 2. The van der Waals surface area contributed by atoms with E-state index in [4.69, 9.17) is 10.5 Å². The number of benzene rings is 1. The second-order valence-electron chi connectivity index (χ2n) is 4.90. The normalized spacial score (nSPS) is 24.4. The lowest BCUT2D eigenvalue weighted by Crippen LogP contribution is -2.41. The maximum Gasteiger partial charge on any atom is 0.246 e. The van der Waals surface area contributed by atoms with Crippen molar-refractivity contribution in [2.24, 2.45) is 5.73 Å². The summed E-state index contributed by atoms with van der Waals surface area (Å²) in [7, 11) is 1.69. The molecule has 0 saturated heterocycles. The van der Waals surface area contributed by atoms with Gasteiger partial charge < -0.3 is 15.4 Å². The van der Waals surface area contributed by atoms with Crippen LogP contribution in [-0.4, -0.2) is 13.0 Å². The lowest BCUT2D eigenvalue weighted by molar-refractivity contribution is -0.120. The van der Waals surface area contributed by atoms with E-state index in [2.05, 4.69) is 0 Å². The van der Waals surface area contributed by atoms with Crippen LogP contribution in [0.5, 0.6) is 0 Å². The molecule has 20 heavy (non-hydrogen) atoms. The minimum Gasteiger partial charge on any atom is -0.445 e. The third-order valence-corrected chi connectivity index (χ3v) is 3.78. The van der Waals surface area contributed by atoms with Crippen molar-refractivity contribution < 1.29 is 9.53 Å². The molecule has 5 heteroatoms. The summed E-state index contributed by atoms with van der Waals surface area (Å²) >= 11 is 0. The number of nitrogens with two attached hydrogens (primary N) is 1. The van der Waals surface area contributed by atoms with Crippen molar-refractivity contribution in [3.8, 4) is 6.07 Å². The average Bonchev–Trinajstić information content (AvgIpc) is 2.63. The number of anilines is 1. The fourth-order valence-corrected chi connectivity index (χ4v) is 2.94. The summed E-state index contributed by atoms with van der Waals surface area (Å²) in [5, 5.41) is 9.44. The Kier molecular flexibility index (Phi) is 2.38. The van der Waals surface area contributed by atoms with Crippen LogP contribution in [0.1, 0.15) is 12.5 Å². The fraction of sp³-hybridized carbons (Fsp3) is 0.200. The van der Waals surface area contributed by atoms with E-state index >= 15 is 0 Å². The fourth-order valence-electron chi connectivity index (χ4n) is 2.94. The van der Waals surface area contributed by atoms with Crippen LogP contribution in [0.15, 0.2) is 47.6 Å². The standard InChI is InChI=1S/C15H13N3O2/c1-9-7-15(11(8-16)13(17)20-9)10-5-3-4-6-12(10)18(2)14(15)19/h3-7H,17H2,1-2H3/t15-/m1/s1. The second kappa shape index (κ2) is 3.87. The maximum atomic E-state index is 12.8. The molecule has 2 N–H and O–H groups in total. The summed E-state index contributed by atoms with van der Waals surface area (Å²) in [6, 6.07) is 9.43. The predicted octanol–water partition coefficient (Wildman–Crippen LogP) is 1.53. The summed E-state index contributed by atoms with van der Waals surface area (Å²) in [6.07, 6.45) is 1.67. The van der Waals surface area contributed by atoms with Crippen molar-refractivity contribution in [3.05, 3.63) is 53.1 Å². The van der Waals surface area contributed by atoms with E-state index in [0.717, 1.165) is 11.3 Å². The number of amides is 1. The first kappa shape index (κ1) is 12.3. The van der Waals surface area contributed by atoms with E-state index in [-0.39, 0.29) is 17.4 Å². The van der Waals surface area contributed by atoms with E-state index in [9.17, 15) is 10.1 Å². The van der Waals surface area contributed by atoms with Crippen molar-refractivity contribution in [3.63, 3.8) is 0 Å². The van der Waals surface area contributed by atoms with Crippen molar-refractivity contribution in [1.29, 1.82) is 5.26 Å². The van der Waals surface area contributed by atoms with E-state index in [1.54, 1.807) is 24.9 Å². The molecule has 0 aromatic heterocycles. The van der Waals surface area contributed by atoms with Crippen LogP contribution in [0, 0.1) is 11.3 Å². The Morgan fingerprint density at radius 2 is 2.10 bits per heavy atom. The van der Waals surface area contributed by atoms with Gasteiger partial charge in [-0.15, -0.1) is 0 Å². The molecule has 100 valence electrons. The molecular formula is C15H13N3O2. The molecule has 1 amide bonds. The van der Waals surface area contributed by atoms with Crippen LogP contribution in [0.3, 0.4) is 0 Å². The van der Waals surface area contributed by atoms with Gasteiger partial charge in [-0.2, -0.15) is 5.26 Å². The Morgan fingerprint density at radius 3 is 2.80 bits per heavy atom. The van der Waals surface area contributed by atoms with Gasteiger partial charge in [0.05, 0.1) is 0 Å². The third-order valence-electron chi connectivity index (χ3n) is 3.78. The number of nitriles is 1. The number of para-hydroxylation sites is 1. The third kappa shape index (κ3) is 1.28. The lowest BCUT2D eigenvalue weighted by Gasteiger charge is -2.29. The van der Waals surface area contributed by atoms with Crippen LogP contribution in [-0.2, 0) is 14.9 Å². The molecule has 0 saturated carbocycles. The van der Waals surface area contributed by atoms with E-state index in [0.29, 0.717) is 5.76 Å². The van der Waals surface area contributed by atoms with Gasteiger partial charge in [-0.3, -0.25) is 4.79 Å². The molecule has 1 spiro atoms. The van der Waals surface area contributed by atoms with Gasteiger partial charge in [-0.1, -0.05) is 18.2 Å². The molecule has 1 aromatic rings. The molecule has 1 atom stereocenters. The Labute approximate surface area is 116 Å². The summed E-state index contributed by atoms with van der Waals surface area (Å²) in [4.78, 5) is 14.3. The smallest absolute Gasteiger partial charge is 0.246 e. The zero-order valence-corrected chi connectivity index (χ0v) is 11.2. The van der Waals surface area contributed by atoms with Crippen molar-refractivity contribution in [1.82, 2.24) is 0 Å². The van der Waals surface area contributed by atoms with E-state index < -0.39 is 5.41 Å². The van der Waals surface area contributed by atoms with Crippen LogP contribution < -0.4 is 10.6 Å². The Bertz CT molecular complexity index is 727. The molecule has 2 heterocycles. The van der Waals surface area contributed by atoms with Gasteiger partial charge in [0.25, 0.3) is 0 Å². The predicted molar refractivity (Wildman–Crippen MR) is 73.2 cm³/mol. The summed E-state index contributed by atoms with van der Waals surface area (Å²) in [5.41, 5.74) is 6.35. The molecule has 5 nitrogen and oxygen atoms in total. The number of carbonyl (C=O) groups is 1. The molecule has 0 unspecified atom stereocenters. The zero-order valence-electron chi connectivity index (χ0n) is 11.2. The van der Waals surface area contributed by atoms with Crippen molar-refractivity contribution >= 4 is 11.6 Å². The zero-order chi connectivity index (χ0) is 14.5. The first-order valence-corrected chi connectivity index (χ1v) is 6.17. The molecule has 0 bridgehead atoms. The Morgan fingerprint density at radius 1 is 1.40 bits per heavy atom. The Balaban J connectivity index is 2.39. The SMILES string of the molecule is CC1=C[C@]2(C(=O)N(C)c3ccccc32)C(C#N)=C(N)O1. The molecular weight excluding hydrogens is 254 g/mol. The molecule has 0 aliphatic carbocycles. The highest BCUT2D eigenvalue weighted by molar-refractivity contribution is 6.12. The summed E-state index contributed by atoms with van der Waals surface area (Å²) < 4.78 is 5.30. The number of allylic oxidation sites excluding steroid dienone is 1. The largest absolute Gasteiger partial charge is 0.445 e. The van der Waals surface area contributed by atoms with E-state index in [1.807, 2.05) is 30.3 Å². The number of rotatable bonds is 0. The van der Waals surface area contributed by atoms with Crippen LogP contribution in [0.4, 0.5) is 5.69 Å². The molecule has 1 aromatic carbocycles. The quantitative estimate of drug-likeness (QED) is 0.773. The number of hydrogen-bond donors (Lipinski definition) is 1. The molecule has 0 radical (unpaired) electrons. The first-order chi connectivity index (χ1) is 9.52. The van der Waals surface area contributed by atoms with Gasteiger partial charge in [-0.25, -0.2) is 0 Å². The van der Waals surface area contributed by atoms with Gasteiger partial charge in [0.15, 0.2) is 0 Å². The van der Waals surface area contributed by atoms with Crippen LogP contribution in [0.2, 0.25) is 0 Å². The van der Waals surface area contributed by atoms with Crippen LogP contribution in [0.25, 0.3) is 0 Å². The highest BCUT2D eigenvalue weighted by atomic mass is 16.5. The van der Waals surface area contributed by atoms with Crippen molar-refractivity contribution in [2.75, 3.05) is 11.9 Å². The first-order valence-electron chi connectivity index (χ1n) is 6.17. The van der Waals surface area contributed by atoms with Gasteiger partial charge in [0.2, 0.25) is 11.8 Å². The van der Waals surface area contributed by atoms with Gasteiger partial charge in [-0.05, 0) is 19.1 Å². The lowest BCUT2D eigenvalue weighted by atomic mass is 9.74. The monoisotopic (exact) mass is 267 g/mol. The highest BCUT2D eigenvalue weighted by Gasteiger charge is 2.54. The average molecular weight is 267 g/mol. The maximum absolute atomic E-state index is 12.8. The molecule has 2 aliphatic heterocycles.